The normalized spacial score (nSPS) is 11.7. The first-order chi connectivity index (χ1) is 11.1. The zero-order chi connectivity index (χ0) is 17.1. The molecule has 0 aliphatic rings. The molecule has 0 saturated heterocycles. The number of benzene rings is 1. The van der Waals surface area contributed by atoms with Gasteiger partial charge in [-0.25, -0.2) is 0 Å². The van der Waals surface area contributed by atoms with Gasteiger partial charge in [-0.3, -0.25) is 0 Å². The van der Waals surface area contributed by atoms with E-state index in [1.807, 2.05) is 6.07 Å². The molecule has 0 aliphatic carbocycles. The van der Waals surface area contributed by atoms with Crippen LogP contribution in [0.4, 0.5) is 0 Å². The lowest BCUT2D eigenvalue weighted by atomic mass is 10.1. The summed E-state index contributed by atoms with van der Waals surface area (Å²) in [7, 11) is -2.24. The van der Waals surface area contributed by atoms with Gasteiger partial charge in [0, 0.05) is 11.6 Å². The van der Waals surface area contributed by atoms with Gasteiger partial charge in [0.1, 0.15) is 5.75 Å². The van der Waals surface area contributed by atoms with Crippen molar-refractivity contribution in [1.29, 1.82) is 0 Å². The number of rotatable bonds is 12. The van der Waals surface area contributed by atoms with Crippen molar-refractivity contribution in [1.82, 2.24) is 0 Å². The Morgan fingerprint density at radius 2 is 1.57 bits per heavy atom. The molecule has 0 aliphatic heterocycles. The topological polar surface area (TPSA) is 18.5 Å². The van der Waals surface area contributed by atoms with Gasteiger partial charge in [-0.15, -0.1) is 0 Å². The minimum absolute atomic E-state index is 0.555. The highest BCUT2D eigenvalue weighted by Crippen LogP contribution is 2.32. The molecule has 0 bridgehead atoms. The highest BCUT2D eigenvalue weighted by Gasteiger charge is 2.36. The van der Waals surface area contributed by atoms with E-state index in [0.717, 1.165) is 25.1 Å². The molecular weight excluding hydrogens is 347 g/mol. The SMILES string of the molecule is CCCCCCCCO[Si](CC)(CC)Oc1ccc(Cl)cc1Cl. The van der Waals surface area contributed by atoms with E-state index >= 15 is 0 Å². The zero-order valence-corrected chi connectivity index (χ0v) is 17.2. The fourth-order valence-corrected chi connectivity index (χ4v) is 5.39. The molecule has 0 heterocycles. The number of halogens is 2. The predicted molar refractivity (Wildman–Crippen MR) is 103 cm³/mol. The Hall–Kier alpha value is -0.223. The summed E-state index contributed by atoms with van der Waals surface area (Å²) in [4.78, 5) is 0. The van der Waals surface area contributed by atoms with Crippen LogP contribution in [0, 0.1) is 0 Å². The molecule has 0 atom stereocenters. The standard InChI is InChI=1S/C18H30Cl2O2Si/c1-4-7-8-9-10-11-14-21-23(5-2,6-3)22-18-13-12-16(19)15-17(18)20/h12-13,15H,4-11,14H2,1-3H3. The Balaban J connectivity index is 2.51. The van der Waals surface area contributed by atoms with Crippen molar-refractivity contribution in [3.8, 4) is 5.75 Å². The number of hydrogen-bond donors (Lipinski definition) is 0. The summed E-state index contributed by atoms with van der Waals surface area (Å²) >= 11 is 12.2. The highest BCUT2D eigenvalue weighted by atomic mass is 35.5. The molecule has 1 aromatic carbocycles. The Bertz CT molecular complexity index is 451. The van der Waals surface area contributed by atoms with Crippen LogP contribution in [0.1, 0.15) is 59.3 Å². The van der Waals surface area contributed by atoms with Crippen molar-refractivity contribution in [2.45, 2.75) is 71.4 Å². The third kappa shape index (κ3) is 7.47. The molecule has 1 rings (SSSR count). The van der Waals surface area contributed by atoms with Crippen LogP contribution >= 0.6 is 23.2 Å². The molecule has 0 saturated carbocycles. The van der Waals surface area contributed by atoms with E-state index in [4.69, 9.17) is 32.1 Å². The molecule has 5 heteroatoms. The fourth-order valence-electron chi connectivity index (χ4n) is 2.53. The molecule has 2 nitrogen and oxygen atoms in total. The van der Waals surface area contributed by atoms with Gasteiger partial charge in [0.15, 0.2) is 0 Å². The minimum atomic E-state index is -2.24. The van der Waals surface area contributed by atoms with Crippen LogP contribution in [0.2, 0.25) is 22.1 Å². The second kappa shape index (κ2) is 11.4. The quantitative estimate of drug-likeness (QED) is 0.282. The predicted octanol–water partition coefficient (Wildman–Crippen LogP) is 7.23. The Labute approximate surface area is 152 Å². The first kappa shape index (κ1) is 20.8. The first-order valence-electron chi connectivity index (χ1n) is 8.85. The molecule has 0 spiro atoms. The maximum Gasteiger partial charge on any atom is 0.398 e. The van der Waals surface area contributed by atoms with Crippen molar-refractivity contribution in [3.05, 3.63) is 28.2 Å². The van der Waals surface area contributed by atoms with Crippen LogP contribution in [0.5, 0.6) is 5.75 Å². The summed E-state index contributed by atoms with van der Waals surface area (Å²) in [6, 6.07) is 7.19. The van der Waals surface area contributed by atoms with Crippen LogP contribution < -0.4 is 4.43 Å². The molecule has 23 heavy (non-hydrogen) atoms. The van der Waals surface area contributed by atoms with E-state index in [2.05, 4.69) is 20.8 Å². The van der Waals surface area contributed by atoms with E-state index in [1.54, 1.807) is 12.1 Å². The van der Waals surface area contributed by atoms with E-state index in [9.17, 15) is 0 Å². The maximum atomic E-state index is 6.26. The van der Waals surface area contributed by atoms with E-state index in [-0.39, 0.29) is 0 Å². The molecule has 1 aromatic rings. The van der Waals surface area contributed by atoms with Crippen LogP contribution in [0.3, 0.4) is 0 Å². The summed E-state index contributed by atoms with van der Waals surface area (Å²) in [6.07, 6.45) is 7.59. The molecule has 0 fully saturated rings. The summed E-state index contributed by atoms with van der Waals surface area (Å²) in [5, 5.41) is 1.18. The van der Waals surface area contributed by atoms with Crippen LogP contribution in [-0.2, 0) is 4.43 Å². The second-order valence-corrected chi connectivity index (χ2v) is 10.5. The fraction of sp³-hybridized carbons (Fsp3) is 0.667. The van der Waals surface area contributed by atoms with E-state index in [0.29, 0.717) is 15.8 Å². The molecule has 132 valence electrons. The second-order valence-electron chi connectivity index (χ2n) is 5.91. The van der Waals surface area contributed by atoms with Crippen LogP contribution in [-0.4, -0.2) is 15.2 Å². The van der Waals surface area contributed by atoms with Gasteiger partial charge in [0.2, 0.25) is 0 Å². The minimum Gasteiger partial charge on any atom is -0.519 e. The van der Waals surface area contributed by atoms with Crippen molar-refractivity contribution >= 4 is 31.8 Å². The summed E-state index contributed by atoms with van der Waals surface area (Å²) in [5.74, 6) is 0.689. The van der Waals surface area contributed by atoms with Crippen molar-refractivity contribution in [2.24, 2.45) is 0 Å². The average Bonchev–Trinajstić information content (AvgIpc) is 2.55. The largest absolute Gasteiger partial charge is 0.519 e. The molecule has 0 aromatic heterocycles. The molecular formula is C18H30Cl2O2Si. The van der Waals surface area contributed by atoms with Crippen molar-refractivity contribution in [2.75, 3.05) is 6.61 Å². The first-order valence-corrected chi connectivity index (χ1v) is 11.8. The average molecular weight is 377 g/mol. The zero-order valence-electron chi connectivity index (χ0n) is 14.7. The van der Waals surface area contributed by atoms with Crippen molar-refractivity contribution < 1.29 is 8.85 Å². The highest BCUT2D eigenvalue weighted by molar-refractivity contribution is 6.68. The van der Waals surface area contributed by atoms with Gasteiger partial charge in [-0.05, 0) is 36.7 Å². The van der Waals surface area contributed by atoms with E-state index < -0.39 is 8.56 Å². The lowest BCUT2D eigenvalue weighted by Gasteiger charge is -2.30. The number of hydrogen-bond acceptors (Lipinski definition) is 2. The lowest BCUT2D eigenvalue weighted by Crippen LogP contribution is -2.44. The Morgan fingerprint density at radius 1 is 0.913 bits per heavy atom. The molecule has 0 amide bonds. The molecule has 0 radical (unpaired) electrons. The summed E-state index contributed by atoms with van der Waals surface area (Å²) in [6.45, 7) is 7.30. The summed E-state index contributed by atoms with van der Waals surface area (Å²) in [5.41, 5.74) is 0. The molecule has 0 unspecified atom stereocenters. The number of unbranched alkanes of at least 4 members (excludes halogenated alkanes) is 5. The van der Waals surface area contributed by atoms with Gasteiger partial charge < -0.3 is 8.85 Å². The lowest BCUT2D eigenvalue weighted by molar-refractivity contribution is 0.230. The third-order valence-electron chi connectivity index (χ3n) is 4.13. The van der Waals surface area contributed by atoms with Gasteiger partial charge in [-0.2, -0.15) is 0 Å². The van der Waals surface area contributed by atoms with Gasteiger partial charge >= 0.3 is 8.56 Å². The molecule has 0 N–H and O–H groups in total. The van der Waals surface area contributed by atoms with Crippen molar-refractivity contribution in [3.63, 3.8) is 0 Å². The van der Waals surface area contributed by atoms with Gasteiger partial charge in [0.25, 0.3) is 0 Å². The van der Waals surface area contributed by atoms with Crippen LogP contribution in [0.25, 0.3) is 0 Å². The summed E-state index contributed by atoms with van der Waals surface area (Å²) < 4.78 is 12.5. The Morgan fingerprint density at radius 3 is 2.17 bits per heavy atom. The Kier molecular flexibility index (Phi) is 10.3. The van der Waals surface area contributed by atoms with Gasteiger partial charge in [0.05, 0.1) is 5.02 Å². The van der Waals surface area contributed by atoms with Crippen LogP contribution in [0.15, 0.2) is 18.2 Å². The smallest absolute Gasteiger partial charge is 0.398 e. The van der Waals surface area contributed by atoms with E-state index in [1.165, 1.54) is 32.1 Å². The monoisotopic (exact) mass is 376 g/mol. The van der Waals surface area contributed by atoms with Gasteiger partial charge in [-0.1, -0.05) is 76.1 Å². The maximum absolute atomic E-state index is 6.26. The third-order valence-corrected chi connectivity index (χ3v) is 8.14.